The number of ether oxygens (including phenoxy) is 1. The van der Waals surface area contributed by atoms with E-state index in [4.69, 9.17) is 4.74 Å². The molecular formula is C22H27N3O2. The first-order valence-electron chi connectivity index (χ1n) is 9.71. The fourth-order valence-corrected chi connectivity index (χ4v) is 3.58. The summed E-state index contributed by atoms with van der Waals surface area (Å²) in [5, 5.41) is 3.43. The largest absolute Gasteiger partial charge is 0.457 e. The van der Waals surface area contributed by atoms with Gasteiger partial charge in [0.05, 0.1) is 6.54 Å². The molecule has 5 nitrogen and oxygen atoms in total. The number of likely N-dealkylation sites (N-methyl/N-ethyl adjacent to an activating group) is 1. The Morgan fingerprint density at radius 1 is 1.00 bits per heavy atom. The zero-order valence-corrected chi connectivity index (χ0v) is 15.8. The SMILES string of the molecule is CN1CCN(C(=O)CN[C@@H]2C[C@H]2c2ccc(Oc3ccccc3)cc2)CC1. The van der Waals surface area contributed by atoms with Crippen LogP contribution in [-0.2, 0) is 4.79 Å². The lowest BCUT2D eigenvalue weighted by molar-refractivity contribution is -0.131. The van der Waals surface area contributed by atoms with Crippen molar-refractivity contribution in [2.75, 3.05) is 39.8 Å². The summed E-state index contributed by atoms with van der Waals surface area (Å²) in [6.07, 6.45) is 1.09. The molecule has 1 aliphatic heterocycles. The highest BCUT2D eigenvalue weighted by molar-refractivity contribution is 5.78. The first-order chi connectivity index (χ1) is 13.2. The molecule has 27 heavy (non-hydrogen) atoms. The van der Waals surface area contributed by atoms with Gasteiger partial charge in [0.1, 0.15) is 11.5 Å². The molecule has 1 saturated heterocycles. The molecule has 5 heteroatoms. The number of hydrogen-bond donors (Lipinski definition) is 1. The quantitative estimate of drug-likeness (QED) is 0.855. The molecule has 1 heterocycles. The van der Waals surface area contributed by atoms with Crippen molar-refractivity contribution < 1.29 is 9.53 Å². The molecule has 2 aromatic rings. The van der Waals surface area contributed by atoms with E-state index in [9.17, 15) is 4.79 Å². The minimum atomic E-state index is 0.223. The summed E-state index contributed by atoms with van der Waals surface area (Å²) in [6.45, 7) is 4.06. The van der Waals surface area contributed by atoms with E-state index in [1.165, 1.54) is 5.56 Å². The van der Waals surface area contributed by atoms with Crippen molar-refractivity contribution in [2.45, 2.75) is 18.4 Å². The van der Waals surface area contributed by atoms with Crippen LogP contribution in [0.3, 0.4) is 0 Å². The van der Waals surface area contributed by atoms with E-state index in [0.717, 1.165) is 44.1 Å². The van der Waals surface area contributed by atoms with E-state index in [1.54, 1.807) is 0 Å². The van der Waals surface area contributed by atoms with Gasteiger partial charge in [-0.25, -0.2) is 0 Å². The summed E-state index contributed by atoms with van der Waals surface area (Å²) < 4.78 is 5.84. The average Bonchev–Trinajstić information content (AvgIpc) is 3.48. The normalized spacial score (nSPS) is 22.5. The van der Waals surface area contributed by atoms with Crippen LogP contribution in [0.1, 0.15) is 17.9 Å². The number of nitrogens with zero attached hydrogens (tertiary/aromatic N) is 2. The average molecular weight is 365 g/mol. The van der Waals surface area contributed by atoms with Gasteiger partial charge in [0, 0.05) is 38.1 Å². The number of carbonyl (C=O) groups is 1. The Labute approximate surface area is 160 Å². The number of hydrogen-bond acceptors (Lipinski definition) is 4. The van der Waals surface area contributed by atoms with Gasteiger partial charge < -0.3 is 19.9 Å². The number of para-hydroxylation sites is 1. The van der Waals surface area contributed by atoms with E-state index in [-0.39, 0.29) is 5.91 Å². The summed E-state index contributed by atoms with van der Waals surface area (Å²) in [6, 6.07) is 18.5. The summed E-state index contributed by atoms with van der Waals surface area (Å²) in [7, 11) is 2.10. The minimum absolute atomic E-state index is 0.223. The van der Waals surface area contributed by atoms with Crippen molar-refractivity contribution in [2.24, 2.45) is 0 Å². The van der Waals surface area contributed by atoms with Gasteiger partial charge in [-0.2, -0.15) is 0 Å². The van der Waals surface area contributed by atoms with E-state index in [0.29, 0.717) is 18.5 Å². The van der Waals surface area contributed by atoms with Crippen LogP contribution in [0.2, 0.25) is 0 Å². The van der Waals surface area contributed by atoms with Crippen LogP contribution in [0.15, 0.2) is 54.6 Å². The van der Waals surface area contributed by atoms with Gasteiger partial charge in [-0.3, -0.25) is 4.79 Å². The maximum absolute atomic E-state index is 12.3. The van der Waals surface area contributed by atoms with Gasteiger partial charge >= 0.3 is 0 Å². The third kappa shape index (κ3) is 4.67. The Morgan fingerprint density at radius 2 is 1.67 bits per heavy atom. The van der Waals surface area contributed by atoms with E-state index in [1.807, 2.05) is 47.4 Å². The van der Waals surface area contributed by atoms with E-state index < -0.39 is 0 Å². The second-order valence-corrected chi connectivity index (χ2v) is 7.50. The Hall–Kier alpha value is -2.37. The molecule has 2 atom stereocenters. The van der Waals surface area contributed by atoms with Crippen LogP contribution in [0.4, 0.5) is 0 Å². The summed E-state index contributed by atoms with van der Waals surface area (Å²) >= 11 is 0. The van der Waals surface area contributed by atoms with Crippen LogP contribution >= 0.6 is 0 Å². The highest BCUT2D eigenvalue weighted by Crippen LogP contribution is 2.41. The third-order valence-corrected chi connectivity index (χ3v) is 5.45. The van der Waals surface area contributed by atoms with E-state index >= 15 is 0 Å². The predicted molar refractivity (Wildman–Crippen MR) is 106 cm³/mol. The van der Waals surface area contributed by atoms with Gasteiger partial charge in [0.2, 0.25) is 5.91 Å². The molecular weight excluding hydrogens is 338 g/mol. The lowest BCUT2D eigenvalue weighted by atomic mass is 10.1. The minimum Gasteiger partial charge on any atom is -0.457 e. The van der Waals surface area contributed by atoms with Gasteiger partial charge in [0.15, 0.2) is 0 Å². The van der Waals surface area contributed by atoms with Gasteiger partial charge in [-0.15, -0.1) is 0 Å². The van der Waals surface area contributed by atoms with Gasteiger partial charge in [-0.05, 0) is 43.3 Å². The number of amides is 1. The lowest BCUT2D eigenvalue weighted by Gasteiger charge is -2.32. The molecule has 0 unspecified atom stereocenters. The van der Waals surface area contributed by atoms with Crippen LogP contribution in [0.5, 0.6) is 11.5 Å². The third-order valence-electron chi connectivity index (χ3n) is 5.45. The Morgan fingerprint density at radius 3 is 2.37 bits per heavy atom. The molecule has 2 aromatic carbocycles. The number of carbonyl (C=O) groups excluding carboxylic acids is 1. The fourth-order valence-electron chi connectivity index (χ4n) is 3.58. The van der Waals surface area contributed by atoms with Gasteiger partial charge in [0.25, 0.3) is 0 Å². The molecule has 0 aromatic heterocycles. The Kier molecular flexibility index (Phi) is 5.41. The monoisotopic (exact) mass is 365 g/mol. The molecule has 0 spiro atoms. The molecule has 0 bridgehead atoms. The van der Waals surface area contributed by atoms with Crippen LogP contribution < -0.4 is 10.1 Å². The van der Waals surface area contributed by atoms with Crippen molar-refractivity contribution in [1.82, 2.24) is 15.1 Å². The summed E-state index contributed by atoms with van der Waals surface area (Å²) in [5.74, 6) is 2.41. The second-order valence-electron chi connectivity index (χ2n) is 7.50. The zero-order valence-electron chi connectivity index (χ0n) is 15.8. The lowest BCUT2D eigenvalue weighted by Crippen LogP contribution is -2.49. The molecule has 2 fully saturated rings. The maximum atomic E-state index is 12.3. The van der Waals surface area contributed by atoms with Crippen LogP contribution in [0, 0.1) is 0 Å². The maximum Gasteiger partial charge on any atom is 0.236 e. The Balaban J connectivity index is 1.23. The standard InChI is InChI=1S/C22H27N3O2/c1-24-11-13-25(14-12-24)22(26)16-23-21-15-20(21)17-7-9-19(10-8-17)27-18-5-3-2-4-6-18/h2-10,20-21,23H,11-16H2,1H3/t20-,21+/m0/s1. The van der Waals surface area contributed by atoms with Crippen LogP contribution in [0.25, 0.3) is 0 Å². The van der Waals surface area contributed by atoms with E-state index in [2.05, 4.69) is 29.4 Å². The first-order valence-corrected chi connectivity index (χ1v) is 9.71. The number of benzene rings is 2. The number of nitrogens with one attached hydrogen (secondary N) is 1. The molecule has 1 aliphatic carbocycles. The van der Waals surface area contributed by atoms with Crippen LogP contribution in [-0.4, -0.2) is 61.5 Å². The molecule has 0 radical (unpaired) electrons. The predicted octanol–water partition coefficient (Wildman–Crippen LogP) is 2.70. The van der Waals surface area contributed by atoms with Crippen molar-refractivity contribution in [3.8, 4) is 11.5 Å². The number of piperazine rings is 1. The highest BCUT2D eigenvalue weighted by Gasteiger charge is 2.38. The number of rotatable bonds is 6. The smallest absolute Gasteiger partial charge is 0.236 e. The topological polar surface area (TPSA) is 44.8 Å². The second kappa shape index (κ2) is 8.11. The van der Waals surface area contributed by atoms with Crippen molar-refractivity contribution in [3.05, 3.63) is 60.2 Å². The van der Waals surface area contributed by atoms with Gasteiger partial charge in [-0.1, -0.05) is 30.3 Å². The molecule has 142 valence electrons. The molecule has 1 amide bonds. The fraction of sp³-hybridized carbons (Fsp3) is 0.409. The molecule has 1 saturated carbocycles. The molecule has 4 rings (SSSR count). The molecule has 1 N–H and O–H groups in total. The summed E-state index contributed by atoms with van der Waals surface area (Å²) in [5.41, 5.74) is 1.31. The summed E-state index contributed by atoms with van der Waals surface area (Å²) in [4.78, 5) is 16.6. The van der Waals surface area contributed by atoms with Crippen molar-refractivity contribution >= 4 is 5.91 Å². The molecule has 2 aliphatic rings. The van der Waals surface area contributed by atoms with Crippen molar-refractivity contribution in [1.29, 1.82) is 0 Å². The first kappa shape index (κ1) is 18.0. The highest BCUT2D eigenvalue weighted by atomic mass is 16.5. The zero-order chi connectivity index (χ0) is 18.6. The van der Waals surface area contributed by atoms with Crippen molar-refractivity contribution in [3.63, 3.8) is 0 Å². The Bertz CT molecular complexity index is 755.